The summed E-state index contributed by atoms with van der Waals surface area (Å²) < 4.78 is 11.1. The van der Waals surface area contributed by atoms with Crippen LogP contribution in [0.15, 0.2) is 6.07 Å². The Balaban J connectivity index is 3.45. The highest BCUT2D eigenvalue weighted by Crippen LogP contribution is 2.34. The quantitative estimate of drug-likeness (QED) is 0.787. The number of hydrogen-bond acceptors (Lipinski definition) is 4. The third-order valence-electron chi connectivity index (χ3n) is 2.29. The zero-order valence-corrected chi connectivity index (χ0v) is 10.2. The number of phenolic OH excluding ortho intramolecular Hbond substituents is 2. The van der Waals surface area contributed by atoms with Crippen molar-refractivity contribution in [1.82, 2.24) is 0 Å². The summed E-state index contributed by atoms with van der Waals surface area (Å²) in [6.45, 7) is 2.96. The van der Waals surface area contributed by atoms with Gasteiger partial charge in [-0.25, -0.2) is 0 Å². The van der Waals surface area contributed by atoms with Crippen LogP contribution in [0.25, 0.3) is 0 Å². The van der Waals surface area contributed by atoms with Gasteiger partial charge in [0.25, 0.3) is 0 Å². The minimum atomic E-state index is -1.20. The highest BCUT2D eigenvalue weighted by Gasteiger charge is 2.18. The lowest BCUT2D eigenvalue weighted by Crippen LogP contribution is -2.01. The summed E-state index contributed by atoms with van der Waals surface area (Å²) in [4.78, 5) is 11.3. The van der Waals surface area contributed by atoms with Gasteiger partial charge in [-0.2, -0.15) is 0 Å². The molecule has 0 amide bonds. The topological polar surface area (TPSA) is 74.6 Å². The lowest BCUT2D eigenvalue weighted by molar-refractivity contribution is 0.101. The average molecular weight is 242 g/mol. The fourth-order valence-electron chi connectivity index (χ4n) is 1.47. The minimum Gasteiger partial charge on any atom is -0.507 e. The number of ketones is 1. The molecule has 2 N–H and O–H groups in total. The van der Waals surface area contributed by atoms with Crippen molar-refractivity contribution in [3.05, 3.63) is 22.8 Å². The van der Waals surface area contributed by atoms with Gasteiger partial charge < -0.3 is 10.2 Å². The first-order valence-corrected chi connectivity index (χ1v) is 6.42. The molecular formula is C11H14O4S. The highest BCUT2D eigenvalue weighted by atomic mass is 32.2. The monoisotopic (exact) mass is 242 g/mol. The van der Waals surface area contributed by atoms with Gasteiger partial charge in [-0.1, -0.05) is 0 Å². The Bertz CT molecular complexity index is 466. The van der Waals surface area contributed by atoms with Crippen molar-refractivity contribution < 1.29 is 19.2 Å². The molecule has 4 nitrogen and oxygen atoms in total. The van der Waals surface area contributed by atoms with Crippen LogP contribution in [0.5, 0.6) is 11.5 Å². The minimum absolute atomic E-state index is 0.0274. The number of Topliss-reactive ketones (excluding diaryl/α,β-unsaturated/α-hetero) is 1. The van der Waals surface area contributed by atoms with Gasteiger partial charge in [-0.05, 0) is 25.5 Å². The van der Waals surface area contributed by atoms with E-state index < -0.39 is 10.8 Å². The van der Waals surface area contributed by atoms with Gasteiger partial charge >= 0.3 is 0 Å². The fraction of sp³-hybridized carbons (Fsp3) is 0.364. The molecule has 0 radical (unpaired) electrons. The van der Waals surface area contributed by atoms with Gasteiger partial charge in [0.1, 0.15) is 11.5 Å². The van der Waals surface area contributed by atoms with Crippen LogP contribution >= 0.6 is 0 Å². The first-order chi connectivity index (χ1) is 7.34. The van der Waals surface area contributed by atoms with Crippen molar-refractivity contribution >= 4 is 16.6 Å². The van der Waals surface area contributed by atoms with Crippen molar-refractivity contribution in [3.63, 3.8) is 0 Å². The van der Waals surface area contributed by atoms with Crippen LogP contribution in [0.3, 0.4) is 0 Å². The predicted molar refractivity (Wildman–Crippen MR) is 62.3 cm³/mol. The van der Waals surface area contributed by atoms with E-state index in [4.69, 9.17) is 0 Å². The van der Waals surface area contributed by atoms with Crippen LogP contribution in [0, 0.1) is 6.92 Å². The third-order valence-corrected chi connectivity index (χ3v) is 2.98. The van der Waals surface area contributed by atoms with E-state index in [2.05, 4.69) is 0 Å². The number of benzene rings is 1. The Hall–Kier alpha value is -1.36. The SMILES string of the molecule is CC(=O)c1cc(C)c(O)c(CS(C)=O)c1O. The maximum Gasteiger partial charge on any atom is 0.163 e. The zero-order chi connectivity index (χ0) is 12.5. The van der Waals surface area contributed by atoms with E-state index >= 15 is 0 Å². The normalized spacial score (nSPS) is 12.4. The second-order valence-electron chi connectivity index (χ2n) is 3.69. The maximum atomic E-state index is 11.3. The molecule has 5 heteroatoms. The van der Waals surface area contributed by atoms with E-state index in [-0.39, 0.29) is 34.2 Å². The van der Waals surface area contributed by atoms with Gasteiger partial charge in [0.15, 0.2) is 5.78 Å². The molecular weight excluding hydrogens is 228 g/mol. The van der Waals surface area contributed by atoms with E-state index in [0.717, 1.165) is 0 Å². The Morgan fingerprint density at radius 1 is 1.38 bits per heavy atom. The summed E-state index contributed by atoms with van der Waals surface area (Å²) in [6.07, 6.45) is 1.47. The van der Waals surface area contributed by atoms with Crippen LogP contribution in [0.2, 0.25) is 0 Å². The van der Waals surface area contributed by atoms with Crippen LogP contribution in [-0.2, 0) is 16.6 Å². The molecule has 16 heavy (non-hydrogen) atoms. The van der Waals surface area contributed by atoms with Crippen molar-refractivity contribution in [2.75, 3.05) is 6.26 Å². The largest absolute Gasteiger partial charge is 0.507 e. The summed E-state index contributed by atoms with van der Waals surface area (Å²) in [7, 11) is -1.20. The first-order valence-electron chi connectivity index (χ1n) is 4.70. The molecule has 0 aliphatic rings. The molecule has 1 atom stereocenters. The van der Waals surface area contributed by atoms with Crippen LogP contribution in [0.1, 0.15) is 28.4 Å². The number of carbonyl (C=O) groups is 1. The molecule has 1 aromatic carbocycles. The molecule has 0 heterocycles. The Morgan fingerprint density at radius 3 is 2.38 bits per heavy atom. The average Bonchev–Trinajstić information content (AvgIpc) is 2.17. The second-order valence-corrected chi connectivity index (χ2v) is 5.13. The molecule has 0 fully saturated rings. The smallest absolute Gasteiger partial charge is 0.163 e. The van der Waals surface area contributed by atoms with Gasteiger partial charge in [0.05, 0.1) is 11.3 Å². The van der Waals surface area contributed by atoms with Gasteiger partial charge in [0, 0.05) is 22.6 Å². The van der Waals surface area contributed by atoms with Gasteiger partial charge in [0.2, 0.25) is 0 Å². The number of aromatic hydroxyl groups is 2. The predicted octanol–water partition coefficient (Wildman–Crippen LogP) is 1.49. The molecule has 0 spiro atoms. The zero-order valence-electron chi connectivity index (χ0n) is 9.40. The molecule has 0 aromatic heterocycles. The lowest BCUT2D eigenvalue weighted by atomic mass is 10.0. The molecule has 0 saturated carbocycles. The second kappa shape index (κ2) is 4.65. The van der Waals surface area contributed by atoms with Crippen LogP contribution in [0.4, 0.5) is 0 Å². The highest BCUT2D eigenvalue weighted by molar-refractivity contribution is 7.83. The molecule has 1 aromatic rings. The van der Waals surface area contributed by atoms with E-state index in [1.165, 1.54) is 19.2 Å². The van der Waals surface area contributed by atoms with Crippen molar-refractivity contribution in [1.29, 1.82) is 0 Å². The molecule has 0 bridgehead atoms. The standard InChI is InChI=1S/C11H14O4S/c1-6-4-8(7(2)12)11(14)9(10(6)13)5-16(3)15/h4,13-14H,5H2,1-3H3. The Morgan fingerprint density at radius 2 is 1.94 bits per heavy atom. The van der Waals surface area contributed by atoms with E-state index in [0.29, 0.717) is 5.56 Å². The third kappa shape index (κ3) is 2.41. The number of hydrogen-bond donors (Lipinski definition) is 2. The van der Waals surface area contributed by atoms with Crippen molar-refractivity contribution in [3.8, 4) is 11.5 Å². The van der Waals surface area contributed by atoms with E-state index in [1.807, 2.05) is 0 Å². The summed E-state index contributed by atoms with van der Waals surface area (Å²) in [6, 6.07) is 1.43. The summed E-state index contributed by atoms with van der Waals surface area (Å²) >= 11 is 0. The van der Waals surface area contributed by atoms with Gasteiger partial charge in [-0.3, -0.25) is 9.00 Å². The fourth-order valence-corrected chi connectivity index (χ4v) is 2.15. The summed E-state index contributed by atoms with van der Waals surface area (Å²) in [5.41, 5.74) is 0.810. The number of phenols is 2. The first kappa shape index (κ1) is 12.7. The molecule has 1 rings (SSSR count). The van der Waals surface area contributed by atoms with Crippen LogP contribution in [-0.4, -0.2) is 26.5 Å². The summed E-state index contributed by atoms with van der Waals surface area (Å²) in [5.74, 6) is -0.633. The van der Waals surface area contributed by atoms with Crippen molar-refractivity contribution in [2.24, 2.45) is 0 Å². The van der Waals surface area contributed by atoms with E-state index in [9.17, 15) is 19.2 Å². The number of aryl methyl sites for hydroxylation is 1. The Labute approximate surface area is 96.4 Å². The number of rotatable bonds is 3. The van der Waals surface area contributed by atoms with Crippen LogP contribution < -0.4 is 0 Å². The Kier molecular flexibility index (Phi) is 3.70. The van der Waals surface area contributed by atoms with Gasteiger partial charge in [-0.15, -0.1) is 0 Å². The lowest BCUT2D eigenvalue weighted by Gasteiger charge is -2.11. The number of carbonyl (C=O) groups excluding carboxylic acids is 1. The van der Waals surface area contributed by atoms with Crippen molar-refractivity contribution in [2.45, 2.75) is 19.6 Å². The molecule has 0 saturated heterocycles. The molecule has 0 aliphatic heterocycles. The molecule has 0 aliphatic carbocycles. The molecule has 88 valence electrons. The molecule has 1 unspecified atom stereocenters. The maximum absolute atomic E-state index is 11.3. The van der Waals surface area contributed by atoms with E-state index in [1.54, 1.807) is 6.92 Å². The summed E-state index contributed by atoms with van der Waals surface area (Å²) in [5, 5.41) is 19.5.